The number of hydrogen-bond donors (Lipinski definition) is 1. The van der Waals surface area contributed by atoms with Crippen LogP contribution in [0.2, 0.25) is 0 Å². The minimum Gasteiger partial charge on any atom is -0.465 e. The van der Waals surface area contributed by atoms with E-state index < -0.39 is 21.3 Å². The SMILES string of the molecule is CC(C)(C)CC(C)(C(=O)OCCCS(=O)(=O)O)C(C)(C)C. The van der Waals surface area contributed by atoms with Gasteiger partial charge in [0.15, 0.2) is 0 Å². The molecule has 21 heavy (non-hydrogen) atoms. The first-order valence-corrected chi connectivity index (χ1v) is 8.82. The Labute approximate surface area is 129 Å². The van der Waals surface area contributed by atoms with E-state index in [4.69, 9.17) is 9.29 Å². The largest absolute Gasteiger partial charge is 0.465 e. The predicted octanol–water partition coefficient (Wildman–Crippen LogP) is 3.30. The molecule has 0 aromatic heterocycles. The lowest BCUT2D eigenvalue weighted by molar-refractivity contribution is -0.164. The molecule has 0 aromatic carbocycles. The Morgan fingerprint density at radius 2 is 1.52 bits per heavy atom. The molecule has 5 nitrogen and oxygen atoms in total. The molecule has 1 atom stereocenters. The van der Waals surface area contributed by atoms with E-state index in [-0.39, 0.29) is 29.8 Å². The fraction of sp³-hybridized carbons (Fsp3) is 0.933. The Bertz CT molecular complexity index is 453. The third-order valence-electron chi connectivity index (χ3n) is 3.77. The quantitative estimate of drug-likeness (QED) is 0.461. The van der Waals surface area contributed by atoms with Crippen molar-refractivity contribution >= 4 is 16.1 Å². The Morgan fingerprint density at radius 3 is 1.86 bits per heavy atom. The summed E-state index contributed by atoms with van der Waals surface area (Å²) in [6, 6.07) is 0. The second kappa shape index (κ2) is 6.65. The maximum atomic E-state index is 12.5. The Hall–Kier alpha value is -0.620. The van der Waals surface area contributed by atoms with E-state index in [9.17, 15) is 13.2 Å². The van der Waals surface area contributed by atoms with Gasteiger partial charge in [0.25, 0.3) is 10.1 Å². The molecule has 0 aliphatic rings. The molecule has 0 rings (SSSR count). The van der Waals surface area contributed by atoms with Crippen molar-refractivity contribution in [3.8, 4) is 0 Å². The van der Waals surface area contributed by atoms with Gasteiger partial charge in [-0.1, -0.05) is 41.5 Å². The van der Waals surface area contributed by atoms with Gasteiger partial charge in [0, 0.05) is 0 Å². The number of carbonyl (C=O) groups excluding carboxylic acids is 1. The highest BCUT2D eigenvalue weighted by Crippen LogP contribution is 2.47. The summed E-state index contributed by atoms with van der Waals surface area (Å²) in [6.45, 7) is 14.1. The standard InChI is InChI=1S/C15H30O5S/c1-13(2,3)11-15(7,14(4,5)6)12(16)20-9-8-10-21(17,18)19/h8-11H2,1-7H3,(H,17,18,19). The summed E-state index contributed by atoms with van der Waals surface area (Å²) in [7, 11) is -4.01. The summed E-state index contributed by atoms with van der Waals surface area (Å²) in [6.07, 6.45) is 0.765. The summed E-state index contributed by atoms with van der Waals surface area (Å²) >= 11 is 0. The molecule has 1 N–H and O–H groups in total. The van der Waals surface area contributed by atoms with Crippen molar-refractivity contribution in [2.75, 3.05) is 12.4 Å². The number of esters is 1. The van der Waals surface area contributed by atoms with E-state index >= 15 is 0 Å². The van der Waals surface area contributed by atoms with Gasteiger partial charge in [-0.2, -0.15) is 8.42 Å². The van der Waals surface area contributed by atoms with Crippen LogP contribution in [-0.2, 0) is 19.6 Å². The summed E-state index contributed by atoms with van der Waals surface area (Å²) in [5.74, 6) is -0.716. The van der Waals surface area contributed by atoms with Gasteiger partial charge in [-0.25, -0.2) is 0 Å². The first kappa shape index (κ1) is 20.4. The Morgan fingerprint density at radius 1 is 1.05 bits per heavy atom. The molecule has 0 aliphatic carbocycles. The molecule has 0 radical (unpaired) electrons. The van der Waals surface area contributed by atoms with Crippen LogP contribution in [0.1, 0.15) is 61.3 Å². The molecule has 1 unspecified atom stereocenters. The van der Waals surface area contributed by atoms with Crippen molar-refractivity contribution in [3.63, 3.8) is 0 Å². The fourth-order valence-corrected chi connectivity index (χ4v) is 2.75. The number of hydrogen-bond acceptors (Lipinski definition) is 4. The van der Waals surface area contributed by atoms with E-state index in [1.54, 1.807) is 0 Å². The van der Waals surface area contributed by atoms with Crippen LogP contribution in [0.15, 0.2) is 0 Å². The van der Waals surface area contributed by atoms with E-state index in [1.807, 2.05) is 27.7 Å². The highest BCUT2D eigenvalue weighted by atomic mass is 32.2. The lowest BCUT2D eigenvalue weighted by Crippen LogP contribution is -2.44. The zero-order valence-corrected chi connectivity index (χ0v) is 15.1. The van der Waals surface area contributed by atoms with E-state index in [2.05, 4.69) is 20.8 Å². The maximum Gasteiger partial charge on any atom is 0.312 e. The van der Waals surface area contributed by atoms with Crippen LogP contribution >= 0.6 is 0 Å². The van der Waals surface area contributed by atoms with Gasteiger partial charge in [-0.05, 0) is 30.6 Å². The molecule has 0 saturated heterocycles. The van der Waals surface area contributed by atoms with Crippen LogP contribution in [-0.4, -0.2) is 31.3 Å². The first-order valence-electron chi connectivity index (χ1n) is 7.21. The average Bonchev–Trinajstić information content (AvgIpc) is 2.18. The van der Waals surface area contributed by atoms with Crippen molar-refractivity contribution in [1.82, 2.24) is 0 Å². The minimum absolute atomic E-state index is 0.00552. The van der Waals surface area contributed by atoms with Crippen LogP contribution in [0.5, 0.6) is 0 Å². The number of carbonyl (C=O) groups is 1. The molecule has 0 amide bonds. The first-order chi connectivity index (χ1) is 9.08. The monoisotopic (exact) mass is 322 g/mol. The summed E-state index contributed by atoms with van der Waals surface area (Å²) in [5.41, 5.74) is -0.973. The normalized spacial score (nSPS) is 16.4. The van der Waals surface area contributed by atoms with Crippen LogP contribution in [0.25, 0.3) is 0 Å². The molecule has 6 heteroatoms. The molecule has 0 heterocycles. The second-order valence-electron chi connectivity index (χ2n) is 8.10. The third kappa shape index (κ3) is 7.27. The van der Waals surface area contributed by atoms with Gasteiger partial charge in [-0.15, -0.1) is 0 Å². The molecule has 0 aliphatic heterocycles. The predicted molar refractivity (Wildman–Crippen MR) is 83.6 cm³/mol. The molecular formula is C15H30O5S. The van der Waals surface area contributed by atoms with Gasteiger partial charge in [0.1, 0.15) is 0 Å². The molecule has 126 valence electrons. The van der Waals surface area contributed by atoms with Crippen LogP contribution < -0.4 is 0 Å². The van der Waals surface area contributed by atoms with Crippen LogP contribution in [0.3, 0.4) is 0 Å². The Balaban J connectivity index is 4.84. The van der Waals surface area contributed by atoms with Crippen molar-refractivity contribution in [2.24, 2.45) is 16.2 Å². The van der Waals surface area contributed by atoms with Gasteiger partial charge in [-0.3, -0.25) is 9.35 Å². The third-order valence-corrected chi connectivity index (χ3v) is 4.57. The van der Waals surface area contributed by atoms with Crippen LogP contribution in [0.4, 0.5) is 0 Å². The second-order valence-corrected chi connectivity index (χ2v) is 9.67. The van der Waals surface area contributed by atoms with Crippen molar-refractivity contribution in [2.45, 2.75) is 61.3 Å². The lowest BCUT2D eigenvalue weighted by atomic mass is 9.61. The van der Waals surface area contributed by atoms with E-state index in [0.29, 0.717) is 6.42 Å². The zero-order chi connectivity index (χ0) is 17.1. The van der Waals surface area contributed by atoms with E-state index in [1.165, 1.54) is 0 Å². The molecule has 0 fully saturated rings. The molecule has 0 saturated carbocycles. The number of ether oxygens (including phenoxy) is 1. The van der Waals surface area contributed by atoms with Crippen molar-refractivity contribution in [3.05, 3.63) is 0 Å². The van der Waals surface area contributed by atoms with Gasteiger partial charge >= 0.3 is 5.97 Å². The Kier molecular flexibility index (Phi) is 6.45. The van der Waals surface area contributed by atoms with E-state index in [0.717, 1.165) is 0 Å². The highest BCUT2D eigenvalue weighted by Gasteiger charge is 2.47. The van der Waals surface area contributed by atoms with Gasteiger partial charge in [0.2, 0.25) is 0 Å². The molecule has 0 bridgehead atoms. The summed E-state index contributed by atoms with van der Waals surface area (Å²) in [5, 5.41) is 0. The zero-order valence-electron chi connectivity index (χ0n) is 14.3. The lowest BCUT2D eigenvalue weighted by Gasteiger charge is -2.43. The summed E-state index contributed by atoms with van der Waals surface area (Å²) < 4.78 is 35.2. The summed E-state index contributed by atoms with van der Waals surface area (Å²) in [4.78, 5) is 12.5. The molecule has 0 spiro atoms. The number of rotatable bonds is 6. The van der Waals surface area contributed by atoms with Crippen molar-refractivity contribution in [1.29, 1.82) is 0 Å². The molecular weight excluding hydrogens is 292 g/mol. The molecule has 0 aromatic rings. The van der Waals surface area contributed by atoms with Crippen molar-refractivity contribution < 1.29 is 22.5 Å². The highest BCUT2D eigenvalue weighted by molar-refractivity contribution is 7.85. The van der Waals surface area contributed by atoms with Gasteiger partial charge < -0.3 is 4.74 Å². The smallest absolute Gasteiger partial charge is 0.312 e. The van der Waals surface area contributed by atoms with Crippen LogP contribution in [0, 0.1) is 16.2 Å². The fourth-order valence-electron chi connectivity index (χ4n) is 2.27. The topological polar surface area (TPSA) is 80.7 Å². The average molecular weight is 322 g/mol. The minimum atomic E-state index is -4.01. The van der Waals surface area contributed by atoms with Gasteiger partial charge in [0.05, 0.1) is 17.8 Å². The maximum absolute atomic E-state index is 12.5.